The maximum Gasteiger partial charge on any atom is 0.187 e. The number of ether oxygens (including phenoxy) is 7. The van der Waals surface area contributed by atoms with Crippen LogP contribution in [-0.4, -0.2) is 203 Å². The number of hydrogen-bond donors (Lipinski definition) is 12. The van der Waals surface area contributed by atoms with Gasteiger partial charge in [0.25, 0.3) is 0 Å². The smallest absolute Gasteiger partial charge is 0.187 e. The van der Waals surface area contributed by atoms with Crippen LogP contribution in [0.25, 0.3) is 0 Å². The highest BCUT2D eigenvalue weighted by Crippen LogP contribution is 2.45. The van der Waals surface area contributed by atoms with Crippen LogP contribution in [0.1, 0.15) is 51.9 Å². The molecule has 6 aliphatic rings. The van der Waals surface area contributed by atoms with Gasteiger partial charge in [-0.25, -0.2) is 0 Å². The molecule has 0 aromatic heterocycles. The van der Waals surface area contributed by atoms with Crippen LogP contribution in [0.4, 0.5) is 0 Å². The lowest BCUT2D eigenvalue weighted by Crippen LogP contribution is -2.63. The summed E-state index contributed by atoms with van der Waals surface area (Å²) in [6.07, 6.45) is -24.0. The third kappa shape index (κ3) is 8.48. The van der Waals surface area contributed by atoms with E-state index in [9.17, 15) is 61.3 Å². The minimum Gasteiger partial charge on any atom is -0.394 e. The van der Waals surface area contributed by atoms with Crippen LogP contribution in [0.15, 0.2) is 0 Å². The van der Waals surface area contributed by atoms with E-state index in [0.717, 1.165) is 0 Å². The monoisotopic (exact) mass is 756 g/mol. The van der Waals surface area contributed by atoms with Crippen molar-refractivity contribution in [3.63, 3.8) is 0 Å². The average molecular weight is 757 g/mol. The van der Waals surface area contributed by atoms with Crippen molar-refractivity contribution in [1.82, 2.24) is 0 Å². The van der Waals surface area contributed by atoms with Crippen LogP contribution in [0.2, 0.25) is 0 Å². The molecule has 4 saturated heterocycles. The molecule has 19 nitrogen and oxygen atoms in total. The summed E-state index contributed by atoms with van der Waals surface area (Å²) in [5.74, 6) is -0.613. The number of hydrogen-bond acceptors (Lipinski definition) is 19. The van der Waals surface area contributed by atoms with Gasteiger partial charge in [-0.1, -0.05) is 0 Å². The van der Waals surface area contributed by atoms with Crippen LogP contribution in [0.5, 0.6) is 0 Å². The lowest BCUT2D eigenvalue weighted by Gasteiger charge is -2.52. The van der Waals surface area contributed by atoms with Crippen molar-refractivity contribution in [2.45, 2.75) is 181 Å². The maximum absolute atomic E-state index is 11.0. The van der Waals surface area contributed by atoms with Crippen molar-refractivity contribution >= 4 is 0 Å². The van der Waals surface area contributed by atoms with Crippen molar-refractivity contribution in [3.05, 3.63) is 0 Å². The fourth-order valence-electron chi connectivity index (χ4n) is 8.54. The van der Waals surface area contributed by atoms with Gasteiger partial charge >= 0.3 is 0 Å². The van der Waals surface area contributed by atoms with Crippen LogP contribution in [0.3, 0.4) is 0 Å². The zero-order valence-corrected chi connectivity index (χ0v) is 28.9. The molecule has 21 atom stereocenters. The van der Waals surface area contributed by atoms with Crippen molar-refractivity contribution in [2.24, 2.45) is 11.8 Å². The van der Waals surface area contributed by atoms with Gasteiger partial charge in [-0.15, -0.1) is 0 Å². The van der Waals surface area contributed by atoms with Crippen molar-refractivity contribution in [3.8, 4) is 0 Å². The normalized spacial score (nSPS) is 54.8. The third-order valence-electron chi connectivity index (χ3n) is 11.7. The Labute approximate surface area is 300 Å². The first kappa shape index (κ1) is 40.9. The van der Waals surface area contributed by atoms with Gasteiger partial charge < -0.3 is 94.4 Å². The molecule has 0 bridgehead atoms. The zero-order chi connectivity index (χ0) is 37.6. The zero-order valence-electron chi connectivity index (χ0n) is 28.9. The van der Waals surface area contributed by atoms with E-state index in [0.29, 0.717) is 25.7 Å². The molecule has 302 valence electrons. The van der Waals surface area contributed by atoms with E-state index in [1.54, 1.807) is 0 Å². The van der Waals surface area contributed by atoms with Crippen molar-refractivity contribution in [2.75, 3.05) is 13.2 Å². The average Bonchev–Trinajstić information content (AvgIpc) is 3.12. The molecule has 6 fully saturated rings. The molecule has 0 amide bonds. The molecule has 0 radical (unpaired) electrons. The van der Waals surface area contributed by atoms with Gasteiger partial charge in [0.1, 0.15) is 67.1 Å². The Morgan fingerprint density at radius 3 is 1.71 bits per heavy atom. The summed E-state index contributed by atoms with van der Waals surface area (Å²) in [5.41, 5.74) is 0. The molecule has 12 N–H and O–H groups in total. The van der Waals surface area contributed by atoms with Crippen LogP contribution in [-0.2, 0) is 33.2 Å². The Balaban J connectivity index is 1.19. The Morgan fingerprint density at radius 1 is 0.519 bits per heavy atom. The van der Waals surface area contributed by atoms with Crippen molar-refractivity contribution < 1.29 is 94.4 Å². The lowest BCUT2D eigenvalue weighted by molar-refractivity contribution is -0.351. The van der Waals surface area contributed by atoms with E-state index in [-0.39, 0.29) is 25.2 Å². The highest BCUT2D eigenvalue weighted by Gasteiger charge is 2.54. The molecule has 0 spiro atoms. The van der Waals surface area contributed by atoms with Gasteiger partial charge in [0.15, 0.2) is 18.9 Å². The minimum absolute atomic E-state index is 0.0822. The van der Waals surface area contributed by atoms with E-state index in [1.165, 1.54) is 6.92 Å². The van der Waals surface area contributed by atoms with Crippen LogP contribution < -0.4 is 0 Å². The van der Waals surface area contributed by atoms with E-state index >= 15 is 0 Å². The Hall–Kier alpha value is -0.760. The summed E-state index contributed by atoms with van der Waals surface area (Å²) in [6, 6.07) is 0. The molecule has 52 heavy (non-hydrogen) atoms. The molecular weight excluding hydrogens is 700 g/mol. The summed E-state index contributed by atoms with van der Waals surface area (Å²) < 4.78 is 41.8. The van der Waals surface area contributed by atoms with E-state index < -0.39 is 148 Å². The molecule has 6 unspecified atom stereocenters. The first-order valence-electron chi connectivity index (χ1n) is 18.3. The number of fused-ring (bicyclic) bond motifs is 1. The minimum atomic E-state index is -1.76. The molecule has 4 aliphatic heterocycles. The molecular formula is C33H56O19. The quantitative estimate of drug-likeness (QED) is 0.105. The molecule has 0 aromatic carbocycles. The standard InChI is InChI=1S/C33H56O19/c1-11-21(37)24(40)27(43)31(47-11)46-10-20-23(39)26(42)29(45)33(52-20)50-18-8-15-16(48-30(18)12-2-4-13(35)5-3-12)6-14(36)7-17(15)49-32-28(44)25(41)22(38)19(9-34)51-32/h11-45H,2-10H2,1H3/t11-,12?,13?,14?,15?,16?,17?,18?,19-,20-,21-,22-,23-,24-,25-,26-,27+,28-,29-,30?,31+,32-,33-/m0/s1. The second-order valence-corrected chi connectivity index (χ2v) is 15.3. The predicted octanol–water partition coefficient (Wildman–Crippen LogP) is -5.31. The topological polar surface area (TPSA) is 307 Å². The molecule has 6 rings (SSSR count). The van der Waals surface area contributed by atoms with E-state index in [2.05, 4.69) is 0 Å². The van der Waals surface area contributed by atoms with Gasteiger partial charge in [0, 0.05) is 12.3 Å². The first-order valence-corrected chi connectivity index (χ1v) is 18.3. The summed E-state index contributed by atoms with van der Waals surface area (Å²) in [4.78, 5) is 0. The lowest BCUT2D eigenvalue weighted by atomic mass is 9.73. The Kier molecular flexibility index (Phi) is 13.5. The van der Waals surface area contributed by atoms with Crippen molar-refractivity contribution in [1.29, 1.82) is 0 Å². The third-order valence-corrected chi connectivity index (χ3v) is 11.7. The van der Waals surface area contributed by atoms with Gasteiger partial charge in [-0.05, 0) is 51.4 Å². The molecule has 2 aliphatic carbocycles. The first-order chi connectivity index (χ1) is 24.7. The second kappa shape index (κ2) is 17.2. The number of rotatable bonds is 9. The van der Waals surface area contributed by atoms with E-state index in [4.69, 9.17) is 33.2 Å². The van der Waals surface area contributed by atoms with Gasteiger partial charge in [0.05, 0.1) is 55.9 Å². The fourth-order valence-corrected chi connectivity index (χ4v) is 8.54. The molecule has 4 heterocycles. The van der Waals surface area contributed by atoms with Gasteiger partial charge in [0.2, 0.25) is 0 Å². The maximum atomic E-state index is 11.0. The largest absolute Gasteiger partial charge is 0.394 e. The highest BCUT2D eigenvalue weighted by molar-refractivity contribution is 5.00. The van der Waals surface area contributed by atoms with E-state index in [1.807, 2.05) is 0 Å². The predicted molar refractivity (Wildman–Crippen MR) is 168 cm³/mol. The van der Waals surface area contributed by atoms with Gasteiger partial charge in [-0.2, -0.15) is 0 Å². The molecule has 2 saturated carbocycles. The van der Waals surface area contributed by atoms with Gasteiger partial charge in [-0.3, -0.25) is 0 Å². The molecule has 19 heteroatoms. The van der Waals surface area contributed by atoms with Crippen LogP contribution >= 0.6 is 0 Å². The SMILES string of the molecule is C[C@@H]1O[C@@H](OC[C@@H]2O[C@H](OC3CC4C(CC(O)CC4O[C@H]4O[C@@H](CO)[C@H](O)[C@H](O)[C@@H]4O)OC3C3CCC(O)CC3)[C@@H](O)[C@@H](O)[C@H]2O)[C@H](O)[C@@H](O)[C@H]1O. The summed E-state index contributed by atoms with van der Waals surface area (Å²) in [6.45, 7) is 0.333. The Bertz CT molecular complexity index is 1130. The fraction of sp³-hybridized carbons (Fsp3) is 1.00. The summed E-state index contributed by atoms with van der Waals surface area (Å²) in [7, 11) is 0. The summed E-state index contributed by atoms with van der Waals surface area (Å²) in [5, 5.41) is 125. The summed E-state index contributed by atoms with van der Waals surface area (Å²) >= 11 is 0. The number of aliphatic hydroxyl groups is 12. The van der Waals surface area contributed by atoms with Crippen LogP contribution in [0, 0.1) is 11.8 Å². The number of aliphatic hydroxyl groups excluding tert-OH is 12. The second-order valence-electron chi connectivity index (χ2n) is 15.3. The highest BCUT2D eigenvalue weighted by atomic mass is 16.7. The Morgan fingerprint density at radius 2 is 1.08 bits per heavy atom. The molecule has 0 aromatic rings.